The van der Waals surface area contributed by atoms with Gasteiger partial charge in [0.25, 0.3) is 0 Å². The molecule has 0 fully saturated rings. The Hall–Kier alpha value is -2.12. The zero-order valence-electron chi connectivity index (χ0n) is 18.3. The minimum absolute atomic E-state index is 0.0433. The largest absolute Gasteiger partial charge is 0.473 e. The maximum Gasteiger partial charge on any atom is 0.473 e. The van der Waals surface area contributed by atoms with Gasteiger partial charge in [0, 0.05) is 39.1 Å². The third-order valence-electron chi connectivity index (χ3n) is 6.08. The summed E-state index contributed by atoms with van der Waals surface area (Å²) in [5, 5.41) is 1.76. The molecular formula is C23H31F3N4. The Bertz CT molecular complexity index is 900. The summed E-state index contributed by atoms with van der Waals surface area (Å²) in [7, 11) is 1.09. The van der Waals surface area contributed by atoms with Gasteiger partial charge in [0.1, 0.15) is 5.82 Å². The summed E-state index contributed by atoms with van der Waals surface area (Å²) in [6.45, 7) is 11.3. The fraction of sp³-hybridized carbons (Fsp3) is 0.522. The average molecular weight is 421 g/mol. The van der Waals surface area contributed by atoms with E-state index < -0.39 is 6.30 Å². The maximum absolute atomic E-state index is 13.2. The third-order valence-corrected chi connectivity index (χ3v) is 6.08. The van der Waals surface area contributed by atoms with Crippen molar-refractivity contribution in [2.75, 3.05) is 20.1 Å². The van der Waals surface area contributed by atoms with Crippen molar-refractivity contribution in [2.45, 2.75) is 58.8 Å². The highest BCUT2D eigenvalue weighted by atomic mass is 19.4. The van der Waals surface area contributed by atoms with Gasteiger partial charge in [-0.25, -0.2) is 9.99 Å². The summed E-state index contributed by atoms with van der Waals surface area (Å²) in [5.41, 5.74) is 5.80. The van der Waals surface area contributed by atoms with Gasteiger partial charge in [-0.05, 0) is 66.0 Å². The lowest BCUT2D eigenvalue weighted by molar-refractivity contribution is -0.303. The molecule has 0 bridgehead atoms. The number of hydrazine groups is 1. The second-order valence-corrected chi connectivity index (χ2v) is 8.17. The first-order valence-corrected chi connectivity index (χ1v) is 10.5. The van der Waals surface area contributed by atoms with E-state index >= 15 is 0 Å². The number of imidazole rings is 1. The number of hydrogen-bond acceptors (Lipinski definition) is 3. The Morgan fingerprint density at radius 2 is 2.00 bits per heavy atom. The Morgan fingerprint density at radius 3 is 2.60 bits per heavy atom. The van der Waals surface area contributed by atoms with Crippen LogP contribution in [0.15, 0.2) is 31.1 Å². The summed E-state index contributed by atoms with van der Waals surface area (Å²) < 4.78 is 41.8. The van der Waals surface area contributed by atoms with E-state index in [0.29, 0.717) is 24.6 Å². The number of halogens is 3. The third kappa shape index (κ3) is 4.78. The highest BCUT2D eigenvalue weighted by molar-refractivity contribution is 5.70. The Kier molecular flexibility index (Phi) is 6.72. The van der Waals surface area contributed by atoms with Gasteiger partial charge in [0.2, 0.25) is 0 Å². The van der Waals surface area contributed by atoms with E-state index in [0.717, 1.165) is 48.8 Å². The SMILES string of the molecule is C=C1CCCc2c1cc(Cn1ccnc1C)cc2C(C)CN(CC)N(C)C(F)(F)F. The van der Waals surface area contributed by atoms with Crippen molar-refractivity contribution in [2.24, 2.45) is 0 Å². The lowest BCUT2D eigenvalue weighted by Gasteiger charge is -2.35. The highest BCUT2D eigenvalue weighted by Crippen LogP contribution is 2.36. The van der Waals surface area contributed by atoms with Crippen LogP contribution in [-0.4, -0.2) is 46.0 Å². The van der Waals surface area contributed by atoms with E-state index in [-0.39, 0.29) is 5.92 Å². The second kappa shape index (κ2) is 8.94. The second-order valence-electron chi connectivity index (χ2n) is 8.17. The van der Waals surface area contributed by atoms with E-state index in [4.69, 9.17) is 0 Å². The zero-order chi connectivity index (χ0) is 22.1. The number of hydrogen-bond donors (Lipinski definition) is 0. The molecule has 30 heavy (non-hydrogen) atoms. The van der Waals surface area contributed by atoms with Crippen LogP contribution in [0.5, 0.6) is 0 Å². The molecule has 2 aromatic rings. The number of fused-ring (bicyclic) bond motifs is 1. The van der Waals surface area contributed by atoms with Gasteiger partial charge in [-0.3, -0.25) is 0 Å². The van der Waals surface area contributed by atoms with Crippen LogP contribution in [-0.2, 0) is 13.0 Å². The number of rotatable bonds is 7. The van der Waals surface area contributed by atoms with Crippen molar-refractivity contribution in [1.82, 2.24) is 19.6 Å². The minimum Gasteiger partial charge on any atom is -0.331 e. The van der Waals surface area contributed by atoms with E-state index in [9.17, 15) is 13.2 Å². The van der Waals surface area contributed by atoms with Gasteiger partial charge >= 0.3 is 6.30 Å². The van der Waals surface area contributed by atoms with Gasteiger partial charge in [0.05, 0.1) is 0 Å². The smallest absolute Gasteiger partial charge is 0.331 e. The molecule has 0 saturated heterocycles. The van der Waals surface area contributed by atoms with Crippen LogP contribution in [0.3, 0.4) is 0 Å². The molecule has 0 amide bonds. The standard InChI is InChI=1S/C23H31F3N4/c1-6-30(28(5)23(24,25)26)14-17(3)22-13-19(15-29-11-10-27-18(29)4)12-21-16(2)8-7-9-20(21)22/h10-13,17H,2,6-9,14-15H2,1,3-5H3. The normalized spacial score (nSPS) is 15.7. The van der Waals surface area contributed by atoms with Crippen molar-refractivity contribution in [3.8, 4) is 0 Å². The predicted molar refractivity (Wildman–Crippen MR) is 114 cm³/mol. The van der Waals surface area contributed by atoms with Crippen molar-refractivity contribution in [3.63, 3.8) is 0 Å². The van der Waals surface area contributed by atoms with Gasteiger partial charge < -0.3 is 4.57 Å². The molecule has 1 heterocycles. The lowest BCUT2D eigenvalue weighted by atomic mass is 9.80. The Balaban J connectivity index is 1.95. The molecule has 1 atom stereocenters. The Labute approximate surface area is 177 Å². The fourth-order valence-electron chi connectivity index (χ4n) is 4.30. The van der Waals surface area contributed by atoms with Gasteiger partial charge in [-0.15, -0.1) is 0 Å². The van der Waals surface area contributed by atoms with Crippen LogP contribution in [0.2, 0.25) is 0 Å². The fourth-order valence-corrected chi connectivity index (χ4v) is 4.30. The molecule has 0 saturated carbocycles. The summed E-state index contributed by atoms with van der Waals surface area (Å²) in [4.78, 5) is 4.29. The molecule has 0 spiro atoms. The summed E-state index contributed by atoms with van der Waals surface area (Å²) in [6, 6.07) is 4.37. The lowest BCUT2D eigenvalue weighted by Crippen LogP contribution is -2.49. The number of benzene rings is 1. The molecule has 3 rings (SSSR count). The number of aryl methyl sites for hydroxylation is 1. The molecule has 0 aliphatic heterocycles. The van der Waals surface area contributed by atoms with Crippen LogP contribution < -0.4 is 0 Å². The van der Waals surface area contributed by atoms with E-state index in [1.54, 1.807) is 13.1 Å². The highest BCUT2D eigenvalue weighted by Gasteiger charge is 2.38. The molecule has 0 N–H and O–H groups in total. The van der Waals surface area contributed by atoms with Crippen LogP contribution in [0.25, 0.3) is 5.57 Å². The van der Waals surface area contributed by atoms with Gasteiger partial charge in [-0.1, -0.05) is 26.5 Å². The molecule has 1 aromatic carbocycles. The molecule has 0 radical (unpaired) electrons. The monoisotopic (exact) mass is 420 g/mol. The van der Waals surface area contributed by atoms with Crippen molar-refractivity contribution >= 4 is 5.57 Å². The molecule has 7 heteroatoms. The quantitative estimate of drug-likeness (QED) is 0.444. The molecule has 1 unspecified atom stereocenters. The molecule has 164 valence electrons. The van der Waals surface area contributed by atoms with Gasteiger partial charge in [-0.2, -0.15) is 18.2 Å². The van der Waals surface area contributed by atoms with E-state index in [1.807, 2.05) is 20.0 Å². The number of aromatic nitrogens is 2. The number of likely N-dealkylation sites (N-methyl/N-ethyl adjacent to an activating group) is 1. The summed E-state index contributed by atoms with van der Waals surface area (Å²) in [6.07, 6.45) is 2.29. The molecule has 4 nitrogen and oxygen atoms in total. The molecule has 1 aliphatic carbocycles. The van der Waals surface area contributed by atoms with Crippen LogP contribution in [0.4, 0.5) is 13.2 Å². The molecule has 1 aliphatic rings. The number of allylic oxidation sites excluding steroid dienone is 1. The summed E-state index contributed by atoms with van der Waals surface area (Å²) >= 11 is 0. The average Bonchev–Trinajstić information content (AvgIpc) is 3.09. The van der Waals surface area contributed by atoms with Crippen molar-refractivity contribution in [1.29, 1.82) is 0 Å². The van der Waals surface area contributed by atoms with Crippen LogP contribution in [0.1, 0.15) is 60.7 Å². The number of alkyl halides is 3. The van der Waals surface area contributed by atoms with Gasteiger partial charge in [0.15, 0.2) is 0 Å². The van der Waals surface area contributed by atoms with Crippen LogP contribution >= 0.6 is 0 Å². The van der Waals surface area contributed by atoms with Crippen molar-refractivity contribution < 1.29 is 13.2 Å². The summed E-state index contributed by atoms with van der Waals surface area (Å²) in [5.74, 6) is 0.892. The first-order valence-electron chi connectivity index (χ1n) is 10.5. The van der Waals surface area contributed by atoms with Crippen LogP contribution in [0, 0.1) is 6.92 Å². The van der Waals surface area contributed by atoms with Crippen molar-refractivity contribution in [3.05, 3.63) is 59.2 Å². The van der Waals surface area contributed by atoms with E-state index in [2.05, 4.69) is 28.3 Å². The predicted octanol–water partition coefficient (Wildman–Crippen LogP) is 5.38. The zero-order valence-corrected chi connectivity index (χ0v) is 18.3. The Morgan fingerprint density at radius 1 is 1.27 bits per heavy atom. The topological polar surface area (TPSA) is 24.3 Å². The first-order chi connectivity index (χ1) is 14.1. The molecular weight excluding hydrogens is 389 g/mol. The van der Waals surface area contributed by atoms with E-state index in [1.165, 1.54) is 16.1 Å². The maximum atomic E-state index is 13.2. The number of nitrogens with zero attached hydrogens (tertiary/aromatic N) is 4. The first kappa shape index (κ1) is 22.6. The molecule has 1 aromatic heterocycles. The minimum atomic E-state index is -4.38.